The molecule has 1 amide bonds. The summed E-state index contributed by atoms with van der Waals surface area (Å²) in [6.45, 7) is 9.52. The van der Waals surface area contributed by atoms with Gasteiger partial charge in [0.15, 0.2) is 0 Å². The first-order valence-electron chi connectivity index (χ1n) is 9.45. The van der Waals surface area contributed by atoms with Gasteiger partial charge in [-0.05, 0) is 30.5 Å². The fourth-order valence-electron chi connectivity index (χ4n) is 3.59. The lowest BCUT2D eigenvalue weighted by molar-refractivity contribution is -0.123. The number of carbonyl (C=O) groups excluding carboxylic acids is 1. The number of hydrogen-bond acceptors (Lipinski definition) is 3. The number of amides is 1. The van der Waals surface area contributed by atoms with Gasteiger partial charge in [-0.3, -0.25) is 14.6 Å². The van der Waals surface area contributed by atoms with Crippen molar-refractivity contribution in [3.05, 3.63) is 71.3 Å². The predicted octanol–water partition coefficient (Wildman–Crippen LogP) is 2.99. The Hall–Kier alpha value is -2.17. The molecule has 1 N–H and O–H groups in total. The first-order chi connectivity index (χ1) is 12.6. The van der Waals surface area contributed by atoms with Crippen LogP contribution in [0.15, 0.2) is 54.6 Å². The van der Waals surface area contributed by atoms with E-state index < -0.39 is 0 Å². The molecule has 2 aromatic rings. The second kappa shape index (κ2) is 8.97. The molecule has 1 fully saturated rings. The molecule has 1 saturated heterocycles. The molecule has 0 radical (unpaired) electrons. The van der Waals surface area contributed by atoms with E-state index in [4.69, 9.17) is 0 Å². The lowest BCUT2D eigenvalue weighted by Crippen LogP contribution is -2.49. The van der Waals surface area contributed by atoms with Crippen LogP contribution in [0.3, 0.4) is 0 Å². The van der Waals surface area contributed by atoms with Crippen LogP contribution < -0.4 is 5.32 Å². The predicted molar refractivity (Wildman–Crippen MR) is 106 cm³/mol. The quantitative estimate of drug-likeness (QED) is 0.869. The Morgan fingerprint density at radius 3 is 2.27 bits per heavy atom. The van der Waals surface area contributed by atoms with E-state index in [-0.39, 0.29) is 11.9 Å². The Morgan fingerprint density at radius 2 is 1.58 bits per heavy atom. The van der Waals surface area contributed by atoms with E-state index in [2.05, 4.69) is 71.4 Å². The SMILES string of the molecule is Cc1ccccc1C(C)NC(=O)CN1CCN(Cc2ccccc2)CC1. The number of piperazine rings is 1. The lowest BCUT2D eigenvalue weighted by Gasteiger charge is -2.34. The molecule has 1 unspecified atom stereocenters. The minimum atomic E-state index is 0.0445. The minimum Gasteiger partial charge on any atom is -0.348 e. The standard InChI is InChI=1S/C22H29N3O/c1-18-8-6-7-11-21(18)19(2)23-22(26)17-25-14-12-24(13-15-25)16-20-9-4-3-5-10-20/h3-11,19H,12-17H2,1-2H3,(H,23,26). The molecule has 1 aliphatic rings. The van der Waals surface area contributed by atoms with Crippen LogP contribution in [0.1, 0.15) is 29.7 Å². The van der Waals surface area contributed by atoms with Crippen molar-refractivity contribution in [2.24, 2.45) is 0 Å². The van der Waals surface area contributed by atoms with Crippen molar-refractivity contribution in [1.29, 1.82) is 0 Å². The Labute approximate surface area is 156 Å². The van der Waals surface area contributed by atoms with Gasteiger partial charge in [0.05, 0.1) is 12.6 Å². The number of carbonyl (C=O) groups is 1. The van der Waals surface area contributed by atoms with E-state index in [1.807, 2.05) is 12.1 Å². The Bertz CT molecular complexity index is 708. The fourth-order valence-corrected chi connectivity index (χ4v) is 3.59. The molecule has 0 aliphatic carbocycles. The van der Waals surface area contributed by atoms with E-state index in [0.717, 1.165) is 32.7 Å². The topological polar surface area (TPSA) is 35.6 Å². The number of rotatable bonds is 6. The normalized spacial score (nSPS) is 17.0. The van der Waals surface area contributed by atoms with Gasteiger partial charge in [0.25, 0.3) is 0 Å². The van der Waals surface area contributed by atoms with Crippen LogP contribution in [0.4, 0.5) is 0 Å². The van der Waals surface area contributed by atoms with E-state index in [1.54, 1.807) is 0 Å². The first-order valence-corrected chi connectivity index (χ1v) is 9.45. The maximum absolute atomic E-state index is 12.4. The molecule has 1 atom stereocenters. The molecule has 26 heavy (non-hydrogen) atoms. The van der Waals surface area contributed by atoms with Crippen molar-refractivity contribution in [2.75, 3.05) is 32.7 Å². The fraction of sp³-hybridized carbons (Fsp3) is 0.409. The third kappa shape index (κ3) is 5.16. The van der Waals surface area contributed by atoms with Gasteiger partial charge in [-0.15, -0.1) is 0 Å². The lowest BCUT2D eigenvalue weighted by atomic mass is 10.0. The van der Waals surface area contributed by atoms with Crippen LogP contribution in [0.5, 0.6) is 0 Å². The van der Waals surface area contributed by atoms with Gasteiger partial charge < -0.3 is 5.32 Å². The van der Waals surface area contributed by atoms with E-state index in [0.29, 0.717) is 6.54 Å². The monoisotopic (exact) mass is 351 g/mol. The van der Waals surface area contributed by atoms with Crippen molar-refractivity contribution in [3.63, 3.8) is 0 Å². The summed E-state index contributed by atoms with van der Waals surface area (Å²) in [5, 5.41) is 3.14. The summed E-state index contributed by atoms with van der Waals surface area (Å²) in [6.07, 6.45) is 0. The highest BCUT2D eigenvalue weighted by Crippen LogP contribution is 2.16. The molecule has 1 aliphatic heterocycles. The van der Waals surface area contributed by atoms with Crippen molar-refractivity contribution >= 4 is 5.91 Å². The van der Waals surface area contributed by atoms with E-state index in [1.165, 1.54) is 16.7 Å². The third-order valence-corrected chi connectivity index (χ3v) is 5.11. The zero-order valence-electron chi connectivity index (χ0n) is 15.8. The molecule has 0 saturated carbocycles. The molecule has 4 nitrogen and oxygen atoms in total. The number of benzene rings is 2. The largest absolute Gasteiger partial charge is 0.348 e. The Kier molecular flexibility index (Phi) is 6.42. The maximum atomic E-state index is 12.4. The van der Waals surface area contributed by atoms with Gasteiger partial charge in [0.2, 0.25) is 5.91 Å². The summed E-state index contributed by atoms with van der Waals surface area (Å²) >= 11 is 0. The van der Waals surface area contributed by atoms with Gasteiger partial charge >= 0.3 is 0 Å². The second-order valence-corrected chi connectivity index (χ2v) is 7.18. The summed E-state index contributed by atoms with van der Waals surface area (Å²) in [5.41, 5.74) is 3.76. The van der Waals surface area contributed by atoms with Crippen molar-refractivity contribution in [2.45, 2.75) is 26.4 Å². The van der Waals surface area contributed by atoms with Crippen LogP contribution in [-0.4, -0.2) is 48.4 Å². The van der Waals surface area contributed by atoms with Gasteiger partial charge in [0.1, 0.15) is 0 Å². The van der Waals surface area contributed by atoms with Crippen molar-refractivity contribution < 1.29 is 4.79 Å². The summed E-state index contributed by atoms with van der Waals surface area (Å²) < 4.78 is 0. The summed E-state index contributed by atoms with van der Waals surface area (Å²) in [5.74, 6) is 0.109. The third-order valence-electron chi connectivity index (χ3n) is 5.11. The number of nitrogens with one attached hydrogen (secondary N) is 1. The Morgan fingerprint density at radius 1 is 0.962 bits per heavy atom. The Balaban J connectivity index is 1.43. The van der Waals surface area contributed by atoms with Crippen molar-refractivity contribution in [3.8, 4) is 0 Å². The molecule has 4 heteroatoms. The molecule has 0 bridgehead atoms. The van der Waals surface area contributed by atoms with E-state index >= 15 is 0 Å². The average molecular weight is 351 g/mol. The van der Waals surface area contributed by atoms with Crippen LogP contribution >= 0.6 is 0 Å². The number of nitrogens with zero attached hydrogens (tertiary/aromatic N) is 2. The molecule has 0 aromatic heterocycles. The molecule has 138 valence electrons. The van der Waals surface area contributed by atoms with Crippen LogP contribution in [0.25, 0.3) is 0 Å². The van der Waals surface area contributed by atoms with Gasteiger partial charge in [-0.1, -0.05) is 54.6 Å². The minimum absolute atomic E-state index is 0.0445. The second-order valence-electron chi connectivity index (χ2n) is 7.18. The first kappa shape index (κ1) is 18.6. The number of aryl methyl sites for hydroxylation is 1. The van der Waals surface area contributed by atoms with Gasteiger partial charge in [0, 0.05) is 32.7 Å². The molecule has 0 spiro atoms. The molecule has 3 rings (SSSR count). The molecule has 1 heterocycles. The van der Waals surface area contributed by atoms with Gasteiger partial charge in [-0.25, -0.2) is 0 Å². The smallest absolute Gasteiger partial charge is 0.234 e. The maximum Gasteiger partial charge on any atom is 0.234 e. The zero-order chi connectivity index (χ0) is 18.4. The highest BCUT2D eigenvalue weighted by Gasteiger charge is 2.20. The summed E-state index contributed by atoms with van der Waals surface area (Å²) in [6, 6.07) is 18.9. The van der Waals surface area contributed by atoms with Crippen molar-refractivity contribution in [1.82, 2.24) is 15.1 Å². The highest BCUT2D eigenvalue weighted by molar-refractivity contribution is 5.78. The van der Waals surface area contributed by atoms with Crippen LogP contribution in [0.2, 0.25) is 0 Å². The molecule has 2 aromatic carbocycles. The highest BCUT2D eigenvalue weighted by atomic mass is 16.2. The zero-order valence-corrected chi connectivity index (χ0v) is 15.8. The van der Waals surface area contributed by atoms with E-state index in [9.17, 15) is 4.79 Å². The summed E-state index contributed by atoms with van der Waals surface area (Å²) in [4.78, 5) is 17.1. The molecular formula is C22H29N3O. The van der Waals surface area contributed by atoms with Crippen LogP contribution in [0, 0.1) is 6.92 Å². The average Bonchev–Trinajstić information content (AvgIpc) is 2.64. The van der Waals surface area contributed by atoms with Crippen LogP contribution in [-0.2, 0) is 11.3 Å². The number of hydrogen-bond donors (Lipinski definition) is 1. The van der Waals surface area contributed by atoms with Gasteiger partial charge in [-0.2, -0.15) is 0 Å². The summed E-state index contributed by atoms with van der Waals surface area (Å²) in [7, 11) is 0. The molecular weight excluding hydrogens is 322 g/mol.